The molecule has 204 valence electrons. The second-order valence-electron chi connectivity index (χ2n) is 10.8. The Morgan fingerprint density at radius 3 is 2.73 bits per heavy atom. The maximum Gasteiger partial charge on any atom is 0.435 e. The van der Waals surface area contributed by atoms with E-state index in [1.165, 1.54) is 4.68 Å². The molecule has 0 aliphatic heterocycles. The molecule has 1 aromatic heterocycles. The summed E-state index contributed by atoms with van der Waals surface area (Å²) in [4.78, 5) is 31.2. The maximum atomic E-state index is 13.8. The van der Waals surface area contributed by atoms with Gasteiger partial charge in [0.25, 0.3) is 5.91 Å². The van der Waals surface area contributed by atoms with Crippen molar-refractivity contribution >= 4 is 23.6 Å². The number of halogens is 1. The number of aromatic nitrogens is 2. The number of hydrogen-bond acceptors (Lipinski definition) is 6. The Labute approximate surface area is 236 Å². The van der Waals surface area contributed by atoms with Crippen molar-refractivity contribution in [2.75, 3.05) is 6.54 Å². The molecule has 1 saturated carbocycles. The lowest BCUT2D eigenvalue weighted by Crippen LogP contribution is -2.45. The first-order valence-electron chi connectivity index (χ1n) is 13.1. The first-order valence-corrected chi connectivity index (χ1v) is 13.5. The molecule has 1 heterocycles. The number of benzene rings is 2. The molecule has 1 atom stereocenters. The minimum absolute atomic E-state index is 0.00509. The SMILES string of the molecule is CC(C)(CN=[N+]=[N-])OC(=O)n1cc2c(n1)CCC(N(C(=O)c1ccc(-c3ccccc3C#N)cc1Cl)C1CC1)C2. The van der Waals surface area contributed by atoms with Crippen LogP contribution in [0.5, 0.6) is 0 Å². The lowest BCUT2D eigenvalue weighted by molar-refractivity contribution is 0.0441. The van der Waals surface area contributed by atoms with E-state index in [0.717, 1.165) is 41.6 Å². The van der Waals surface area contributed by atoms with Crippen LogP contribution in [-0.2, 0) is 17.6 Å². The van der Waals surface area contributed by atoms with Gasteiger partial charge >= 0.3 is 6.09 Å². The predicted molar refractivity (Wildman–Crippen MR) is 149 cm³/mol. The zero-order valence-electron chi connectivity index (χ0n) is 22.2. The average molecular weight is 558 g/mol. The summed E-state index contributed by atoms with van der Waals surface area (Å²) < 4.78 is 6.67. The smallest absolute Gasteiger partial charge is 0.435 e. The zero-order valence-corrected chi connectivity index (χ0v) is 23.0. The summed E-state index contributed by atoms with van der Waals surface area (Å²) in [5.74, 6) is -0.118. The van der Waals surface area contributed by atoms with Crippen LogP contribution in [0.4, 0.5) is 4.79 Å². The molecule has 1 amide bonds. The zero-order chi connectivity index (χ0) is 28.4. The lowest BCUT2D eigenvalue weighted by atomic mass is 9.91. The monoisotopic (exact) mass is 557 g/mol. The number of nitriles is 1. The van der Waals surface area contributed by atoms with Crippen LogP contribution in [0.15, 0.2) is 53.8 Å². The van der Waals surface area contributed by atoms with E-state index in [1.54, 1.807) is 38.2 Å². The largest absolute Gasteiger partial charge is 0.442 e. The van der Waals surface area contributed by atoms with Gasteiger partial charge in [-0.3, -0.25) is 4.79 Å². The fourth-order valence-corrected chi connectivity index (χ4v) is 5.41. The number of nitrogens with zero attached hydrogens (tertiary/aromatic N) is 7. The predicted octanol–water partition coefficient (Wildman–Crippen LogP) is 6.31. The van der Waals surface area contributed by atoms with E-state index in [0.29, 0.717) is 29.0 Å². The summed E-state index contributed by atoms with van der Waals surface area (Å²) in [5.41, 5.74) is 11.8. The van der Waals surface area contributed by atoms with Crippen molar-refractivity contribution in [3.8, 4) is 17.2 Å². The molecule has 0 saturated heterocycles. The van der Waals surface area contributed by atoms with E-state index in [2.05, 4.69) is 21.2 Å². The summed E-state index contributed by atoms with van der Waals surface area (Å²) in [5, 5.41) is 17.7. The van der Waals surface area contributed by atoms with Gasteiger partial charge < -0.3 is 9.64 Å². The third-order valence-corrected chi connectivity index (χ3v) is 7.55. The summed E-state index contributed by atoms with van der Waals surface area (Å²) in [6.07, 6.45) is 4.79. The number of azide groups is 1. The van der Waals surface area contributed by atoms with Crippen molar-refractivity contribution in [1.82, 2.24) is 14.7 Å². The molecule has 0 spiro atoms. The van der Waals surface area contributed by atoms with Gasteiger partial charge in [0.2, 0.25) is 0 Å². The molecule has 1 unspecified atom stereocenters. The lowest BCUT2D eigenvalue weighted by Gasteiger charge is -2.34. The van der Waals surface area contributed by atoms with Gasteiger partial charge in [0.1, 0.15) is 5.60 Å². The number of amides is 1. The molecule has 10 nitrogen and oxygen atoms in total. The molecule has 0 radical (unpaired) electrons. The van der Waals surface area contributed by atoms with E-state index in [4.69, 9.17) is 21.9 Å². The van der Waals surface area contributed by atoms with Crippen molar-refractivity contribution in [3.05, 3.63) is 86.5 Å². The topological polar surface area (TPSA) is 137 Å². The Kier molecular flexibility index (Phi) is 7.53. The van der Waals surface area contributed by atoms with Crippen molar-refractivity contribution < 1.29 is 14.3 Å². The fraction of sp³-hybridized carbons (Fsp3) is 0.379. The standard InChI is InChI=1S/C29H28ClN7O3/c1-29(2,17-33-35-32)40-28(39)36-16-20-13-22(10-12-26(20)34-36)37(21-8-9-21)27(38)24-11-7-18(14-25(24)30)23-6-4-3-5-19(23)15-31/h3-7,11,14,16,21-22H,8-10,12-13,17H2,1-2H3. The molecular formula is C29H28ClN7O3. The molecule has 40 heavy (non-hydrogen) atoms. The molecule has 3 aromatic rings. The molecule has 2 aliphatic carbocycles. The van der Waals surface area contributed by atoms with E-state index in [-0.39, 0.29) is 24.5 Å². The highest BCUT2D eigenvalue weighted by Crippen LogP contribution is 2.36. The number of fused-ring (bicyclic) bond motifs is 1. The highest BCUT2D eigenvalue weighted by molar-refractivity contribution is 6.34. The van der Waals surface area contributed by atoms with Crippen LogP contribution in [0.25, 0.3) is 21.6 Å². The van der Waals surface area contributed by atoms with Crippen molar-refractivity contribution in [1.29, 1.82) is 5.26 Å². The summed E-state index contributed by atoms with van der Waals surface area (Å²) in [7, 11) is 0. The highest BCUT2D eigenvalue weighted by atomic mass is 35.5. The van der Waals surface area contributed by atoms with Crippen LogP contribution in [-0.4, -0.2) is 50.9 Å². The van der Waals surface area contributed by atoms with Crippen molar-refractivity contribution in [2.45, 2.75) is 63.6 Å². The number of aryl methyl sites for hydroxylation is 1. The summed E-state index contributed by atoms with van der Waals surface area (Å²) in [6.45, 7) is 3.33. The minimum atomic E-state index is -0.973. The van der Waals surface area contributed by atoms with Gasteiger partial charge in [-0.2, -0.15) is 15.0 Å². The van der Waals surface area contributed by atoms with Gasteiger partial charge in [0.15, 0.2) is 0 Å². The van der Waals surface area contributed by atoms with Crippen LogP contribution in [0.1, 0.15) is 60.3 Å². The van der Waals surface area contributed by atoms with Crippen LogP contribution in [0, 0.1) is 11.3 Å². The summed E-state index contributed by atoms with van der Waals surface area (Å²) >= 11 is 6.66. The van der Waals surface area contributed by atoms with Crippen molar-refractivity contribution in [3.63, 3.8) is 0 Å². The molecule has 2 aromatic carbocycles. The first kappa shape index (κ1) is 27.3. The van der Waals surface area contributed by atoms with Crippen molar-refractivity contribution in [2.24, 2.45) is 5.11 Å². The Morgan fingerprint density at radius 2 is 2.02 bits per heavy atom. The average Bonchev–Trinajstić information content (AvgIpc) is 3.68. The van der Waals surface area contributed by atoms with Gasteiger partial charge in [-0.05, 0) is 86.4 Å². The summed E-state index contributed by atoms with van der Waals surface area (Å²) in [6, 6.07) is 14.9. The van der Waals surface area contributed by atoms with Crippen LogP contribution in [0.2, 0.25) is 5.02 Å². The number of ether oxygens (including phenoxy) is 1. The van der Waals surface area contributed by atoms with Crippen LogP contribution < -0.4 is 0 Å². The Hall–Kier alpha value is -4.32. The van der Waals surface area contributed by atoms with E-state index < -0.39 is 11.7 Å². The highest BCUT2D eigenvalue weighted by Gasteiger charge is 2.40. The molecular weight excluding hydrogens is 530 g/mol. The number of rotatable bonds is 7. The molecule has 2 aliphatic rings. The van der Waals surface area contributed by atoms with E-state index >= 15 is 0 Å². The Balaban J connectivity index is 1.34. The van der Waals surface area contributed by atoms with Gasteiger partial charge in [0, 0.05) is 23.2 Å². The third-order valence-electron chi connectivity index (χ3n) is 7.24. The second kappa shape index (κ2) is 11.0. The Morgan fingerprint density at radius 1 is 1.25 bits per heavy atom. The van der Waals surface area contributed by atoms with E-state index in [1.807, 2.05) is 29.2 Å². The van der Waals surface area contributed by atoms with Gasteiger partial charge in [-0.1, -0.05) is 41.0 Å². The minimum Gasteiger partial charge on any atom is -0.442 e. The van der Waals surface area contributed by atoms with Crippen LogP contribution >= 0.6 is 11.6 Å². The third kappa shape index (κ3) is 5.67. The maximum absolute atomic E-state index is 13.8. The molecule has 11 heteroatoms. The normalized spacial score (nSPS) is 16.3. The van der Waals surface area contributed by atoms with Gasteiger partial charge in [-0.15, -0.1) is 0 Å². The second-order valence-corrected chi connectivity index (χ2v) is 11.2. The molecule has 1 fully saturated rings. The first-order chi connectivity index (χ1) is 19.2. The van der Waals surface area contributed by atoms with Crippen LogP contribution in [0.3, 0.4) is 0 Å². The molecule has 5 rings (SSSR count). The number of carbonyl (C=O) groups is 2. The molecule has 0 N–H and O–H groups in total. The fourth-order valence-electron chi connectivity index (χ4n) is 5.14. The van der Waals surface area contributed by atoms with E-state index in [9.17, 15) is 14.9 Å². The number of hydrogen-bond donors (Lipinski definition) is 0. The number of carbonyl (C=O) groups excluding carboxylic acids is 2. The molecule has 0 bridgehead atoms. The van der Waals surface area contributed by atoms with Gasteiger partial charge in [0.05, 0.1) is 34.5 Å². The Bertz CT molecular complexity index is 1560. The quantitative estimate of drug-likeness (QED) is 0.190. The van der Waals surface area contributed by atoms with Gasteiger partial charge in [-0.25, -0.2) is 4.79 Å².